The maximum absolute atomic E-state index is 8.82. The molecule has 3 N–H and O–H groups in total. The highest BCUT2D eigenvalue weighted by Gasteiger charge is 2.28. The molecular formula is C9H16N4O2. The van der Waals surface area contributed by atoms with E-state index in [2.05, 4.69) is 10.2 Å². The molecule has 1 aromatic heterocycles. The highest BCUT2D eigenvalue weighted by Crippen LogP contribution is 2.29. The quantitative estimate of drug-likeness (QED) is 0.734. The Morgan fingerprint density at radius 3 is 2.73 bits per heavy atom. The van der Waals surface area contributed by atoms with Gasteiger partial charge in [-0.1, -0.05) is 10.2 Å². The lowest BCUT2D eigenvalue weighted by atomic mass is 9.91. The Labute approximate surface area is 88.1 Å². The van der Waals surface area contributed by atoms with Crippen molar-refractivity contribution in [3.8, 4) is 0 Å². The molecule has 1 aliphatic rings. The van der Waals surface area contributed by atoms with E-state index in [9.17, 15) is 0 Å². The zero-order chi connectivity index (χ0) is 10.7. The highest BCUT2D eigenvalue weighted by molar-refractivity contribution is 5.30. The van der Waals surface area contributed by atoms with Crippen molar-refractivity contribution in [2.45, 2.75) is 31.7 Å². The Bertz CT molecular complexity index is 311. The lowest BCUT2D eigenvalue weighted by Crippen LogP contribution is -2.41. The molecule has 0 amide bonds. The van der Waals surface area contributed by atoms with Crippen LogP contribution in [0.4, 0.5) is 12.0 Å². The van der Waals surface area contributed by atoms with Crippen LogP contribution in [0.5, 0.6) is 0 Å². The third-order valence-corrected chi connectivity index (χ3v) is 2.75. The Balaban J connectivity index is 2.03. The molecule has 15 heavy (non-hydrogen) atoms. The summed E-state index contributed by atoms with van der Waals surface area (Å²) in [4.78, 5) is 2.04. The van der Waals surface area contributed by atoms with Gasteiger partial charge in [-0.3, -0.25) is 0 Å². The normalized spacial score (nSPS) is 16.3. The summed E-state index contributed by atoms with van der Waals surface area (Å²) in [6.07, 6.45) is 4.24. The van der Waals surface area contributed by atoms with Crippen LogP contribution in [0.15, 0.2) is 4.42 Å². The van der Waals surface area contributed by atoms with Crippen LogP contribution in [-0.4, -0.2) is 34.5 Å². The zero-order valence-electron chi connectivity index (χ0n) is 8.59. The Morgan fingerprint density at radius 1 is 1.47 bits per heavy atom. The number of nitrogens with zero attached hydrogens (tertiary/aromatic N) is 3. The topological polar surface area (TPSA) is 88.4 Å². The summed E-state index contributed by atoms with van der Waals surface area (Å²) in [5.41, 5.74) is 5.39. The lowest BCUT2D eigenvalue weighted by molar-refractivity contribution is 0.280. The maximum Gasteiger partial charge on any atom is 0.319 e. The Morgan fingerprint density at radius 2 is 2.27 bits per heavy atom. The van der Waals surface area contributed by atoms with Crippen LogP contribution in [0.25, 0.3) is 0 Å². The Kier molecular flexibility index (Phi) is 3.05. The van der Waals surface area contributed by atoms with E-state index in [1.807, 2.05) is 4.90 Å². The van der Waals surface area contributed by atoms with Crippen LogP contribution in [0.3, 0.4) is 0 Å². The average molecular weight is 212 g/mol. The molecule has 2 rings (SSSR count). The number of anilines is 2. The standard InChI is InChI=1S/C9H16N4O2/c10-8-11-12-9(15-8)13(5-2-6-14)7-3-1-4-7/h7,14H,1-6H2,(H2,10,11). The van der Waals surface area contributed by atoms with Crippen molar-refractivity contribution in [3.63, 3.8) is 0 Å². The summed E-state index contributed by atoms with van der Waals surface area (Å²) in [5, 5.41) is 16.3. The fourth-order valence-corrected chi connectivity index (χ4v) is 1.72. The second-order valence-corrected chi connectivity index (χ2v) is 3.78. The SMILES string of the molecule is Nc1nnc(N(CCCO)C2CCC2)o1. The zero-order valence-corrected chi connectivity index (χ0v) is 8.59. The van der Waals surface area contributed by atoms with Crippen molar-refractivity contribution < 1.29 is 9.52 Å². The predicted molar refractivity (Wildman–Crippen MR) is 55.4 cm³/mol. The third kappa shape index (κ3) is 2.20. The highest BCUT2D eigenvalue weighted by atomic mass is 16.4. The summed E-state index contributed by atoms with van der Waals surface area (Å²) >= 11 is 0. The molecule has 1 aromatic rings. The number of aliphatic hydroxyl groups is 1. The first-order valence-corrected chi connectivity index (χ1v) is 5.27. The number of rotatable bonds is 5. The number of hydrogen-bond donors (Lipinski definition) is 2. The smallest absolute Gasteiger partial charge is 0.319 e. The summed E-state index contributed by atoms with van der Waals surface area (Å²) in [7, 11) is 0. The fraction of sp³-hybridized carbons (Fsp3) is 0.778. The van der Waals surface area contributed by atoms with E-state index in [4.69, 9.17) is 15.3 Å². The van der Waals surface area contributed by atoms with Crippen LogP contribution < -0.4 is 10.6 Å². The number of nitrogens with two attached hydrogens (primary N) is 1. The summed E-state index contributed by atoms with van der Waals surface area (Å²) in [6, 6.07) is 1.04. The van der Waals surface area contributed by atoms with E-state index in [-0.39, 0.29) is 12.6 Å². The van der Waals surface area contributed by atoms with Gasteiger partial charge < -0.3 is 20.2 Å². The monoisotopic (exact) mass is 212 g/mol. The number of nitrogen functional groups attached to an aromatic ring is 1. The van der Waals surface area contributed by atoms with Crippen molar-refractivity contribution in [3.05, 3.63) is 0 Å². The van der Waals surface area contributed by atoms with Gasteiger partial charge in [-0.25, -0.2) is 0 Å². The molecule has 0 unspecified atom stereocenters. The molecule has 1 aliphatic carbocycles. The van der Waals surface area contributed by atoms with Gasteiger partial charge in [-0.05, 0) is 25.7 Å². The van der Waals surface area contributed by atoms with Gasteiger partial charge in [-0.15, -0.1) is 0 Å². The molecule has 1 heterocycles. The molecular weight excluding hydrogens is 196 g/mol. The minimum absolute atomic E-state index is 0.0957. The first-order chi connectivity index (χ1) is 7.31. The van der Waals surface area contributed by atoms with Gasteiger partial charge in [0.05, 0.1) is 0 Å². The maximum atomic E-state index is 8.82. The third-order valence-electron chi connectivity index (χ3n) is 2.75. The van der Waals surface area contributed by atoms with Gasteiger partial charge in [0.2, 0.25) is 0 Å². The van der Waals surface area contributed by atoms with Crippen LogP contribution in [-0.2, 0) is 0 Å². The molecule has 84 valence electrons. The van der Waals surface area contributed by atoms with Gasteiger partial charge in [0.1, 0.15) is 0 Å². The van der Waals surface area contributed by atoms with E-state index in [1.165, 1.54) is 6.42 Å². The molecule has 1 saturated carbocycles. The second-order valence-electron chi connectivity index (χ2n) is 3.78. The molecule has 0 aliphatic heterocycles. The molecule has 0 spiro atoms. The van der Waals surface area contributed by atoms with Gasteiger partial charge in [-0.2, -0.15) is 0 Å². The largest absolute Gasteiger partial charge is 0.396 e. The van der Waals surface area contributed by atoms with Gasteiger partial charge in [0.15, 0.2) is 0 Å². The minimum Gasteiger partial charge on any atom is -0.396 e. The lowest BCUT2D eigenvalue weighted by Gasteiger charge is -2.36. The van der Waals surface area contributed by atoms with Crippen LogP contribution in [0.2, 0.25) is 0 Å². The van der Waals surface area contributed by atoms with E-state index in [1.54, 1.807) is 0 Å². The molecule has 0 atom stereocenters. The van der Waals surface area contributed by atoms with Gasteiger partial charge in [0.25, 0.3) is 0 Å². The molecule has 0 saturated heterocycles. The average Bonchev–Trinajstić information content (AvgIpc) is 2.56. The van der Waals surface area contributed by atoms with Crippen molar-refractivity contribution >= 4 is 12.0 Å². The Hall–Kier alpha value is -1.30. The van der Waals surface area contributed by atoms with E-state index in [0.29, 0.717) is 18.5 Å². The number of aliphatic hydroxyl groups excluding tert-OH is 1. The van der Waals surface area contributed by atoms with Crippen LogP contribution >= 0.6 is 0 Å². The first-order valence-electron chi connectivity index (χ1n) is 5.27. The molecule has 6 heteroatoms. The summed E-state index contributed by atoms with van der Waals surface area (Å²) < 4.78 is 5.20. The molecule has 6 nitrogen and oxygen atoms in total. The van der Waals surface area contributed by atoms with Gasteiger partial charge in [0, 0.05) is 19.2 Å². The summed E-state index contributed by atoms with van der Waals surface area (Å²) in [6.45, 7) is 0.912. The fourth-order valence-electron chi connectivity index (χ4n) is 1.72. The molecule has 0 aromatic carbocycles. The molecule has 0 bridgehead atoms. The van der Waals surface area contributed by atoms with E-state index >= 15 is 0 Å². The second kappa shape index (κ2) is 4.48. The van der Waals surface area contributed by atoms with Crippen molar-refractivity contribution in [1.29, 1.82) is 0 Å². The van der Waals surface area contributed by atoms with Crippen LogP contribution in [0.1, 0.15) is 25.7 Å². The van der Waals surface area contributed by atoms with Crippen LogP contribution in [0, 0.1) is 0 Å². The van der Waals surface area contributed by atoms with Crippen molar-refractivity contribution in [1.82, 2.24) is 10.2 Å². The first kappa shape index (κ1) is 10.2. The molecule has 0 radical (unpaired) electrons. The van der Waals surface area contributed by atoms with Crippen molar-refractivity contribution in [2.75, 3.05) is 23.8 Å². The predicted octanol–water partition coefficient (Wildman–Crippen LogP) is 0.393. The number of hydrogen-bond acceptors (Lipinski definition) is 6. The van der Waals surface area contributed by atoms with E-state index in [0.717, 1.165) is 19.4 Å². The number of aromatic nitrogens is 2. The minimum atomic E-state index is 0.0957. The van der Waals surface area contributed by atoms with E-state index < -0.39 is 0 Å². The summed E-state index contributed by atoms with van der Waals surface area (Å²) in [5.74, 6) is 0. The van der Waals surface area contributed by atoms with Crippen molar-refractivity contribution in [2.24, 2.45) is 0 Å². The molecule has 1 fully saturated rings. The van der Waals surface area contributed by atoms with Gasteiger partial charge >= 0.3 is 12.0 Å².